The Kier molecular flexibility index (Phi) is 9.20. The van der Waals surface area contributed by atoms with E-state index >= 15 is 0 Å². The van der Waals surface area contributed by atoms with Crippen LogP contribution in [-0.2, 0) is 39.8 Å². The van der Waals surface area contributed by atoms with Gasteiger partial charge in [0.05, 0.1) is 19.3 Å². The smallest absolute Gasteiger partial charge is 0.429 e. The molecular formula is C31H40O8. The highest BCUT2D eigenvalue weighted by Crippen LogP contribution is 2.38. The fourth-order valence-corrected chi connectivity index (χ4v) is 5.29. The highest BCUT2D eigenvalue weighted by Gasteiger charge is 2.54. The van der Waals surface area contributed by atoms with Gasteiger partial charge in [-0.1, -0.05) is 79.9 Å². The predicted octanol–water partition coefficient (Wildman–Crippen LogP) is 6.08. The Bertz CT molecular complexity index is 1030. The van der Waals surface area contributed by atoms with Crippen molar-refractivity contribution in [2.75, 3.05) is 6.61 Å². The lowest BCUT2D eigenvalue weighted by atomic mass is 9.95. The molecule has 2 aliphatic heterocycles. The minimum atomic E-state index is -0.842. The summed E-state index contributed by atoms with van der Waals surface area (Å²) >= 11 is 0. The molecule has 1 saturated carbocycles. The monoisotopic (exact) mass is 540 g/mol. The van der Waals surface area contributed by atoms with Gasteiger partial charge in [-0.25, -0.2) is 4.79 Å². The molecule has 0 bridgehead atoms. The zero-order valence-electron chi connectivity index (χ0n) is 23.0. The summed E-state index contributed by atoms with van der Waals surface area (Å²) in [4.78, 5) is 13.0. The van der Waals surface area contributed by atoms with Gasteiger partial charge in [0.2, 0.25) is 0 Å². The van der Waals surface area contributed by atoms with Gasteiger partial charge in [-0.05, 0) is 39.2 Å². The van der Waals surface area contributed by atoms with Crippen molar-refractivity contribution in [3.63, 3.8) is 0 Å². The zero-order chi connectivity index (χ0) is 27.2. The Morgan fingerprint density at radius 3 is 2.28 bits per heavy atom. The van der Waals surface area contributed by atoms with Gasteiger partial charge in [-0.3, -0.25) is 0 Å². The Morgan fingerprint density at radius 2 is 1.59 bits per heavy atom. The maximum Gasteiger partial charge on any atom is 0.509 e. The van der Waals surface area contributed by atoms with E-state index in [0.717, 1.165) is 36.8 Å². The molecule has 212 valence electrons. The first-order chi connectivity index (χ1) is 18.9. The third-order valence-corrected chi connectivity index (χ3v) is 7.14. The van der Waals surface area contributed by atoms with E-state index in [1.165, 1.54) is 6.42 Å². The topological polar surface area (TPSA) is 81.7 Å². The number of hydrogen-bond donors (Lipinski definition) is 0. The second-order valence-corrected chi connectivity index (χ2v) is 11.4. The molecule has 39 heavy (non-hydrogen) atoms. The molecule has 2 saturated heterocycles. The second kappa shape index (κ2) is 12.8. The van der Waals surface area contributed by atoms with Crippen molar-refractivity contribution >= 4 is 6.16 Å². The van der Waals surface area contributed by atoms with E-state index in [0.29, 0.717) is 6.61 Å². The van der Waals surface area contributed by atoms with Crippen LogP contribution in [0.3, 0.4) is 0 Å². The lowest BCUT2D eigenvalue weighted by molar-refractivity contribution is -0.372. The van der Waals surface area contributed by atoms with Crippen molar-refractivity contribution in [3.8, 4) is 0 Å². The molecule has 2 aromatic carbocycles. The summed E-state index contributed by atoms with van der Waals surface area (Å²) in [5, 5.41) is 0. The first-order valence-corrected chi connectivity index (χ1v) is 14.0. The number of carbonyl (C=O) groups excluding carboxylic acids is 1. The molecular weight excluding hydrogens is 500 g/mol. The van der Waals surface area contributed by atoms with Gasteiger partial charge in [0.25, 0.3) is 0 Å². The third-order valence-electron chi connectivity index (χ3n) is 7.14. The summed E-state index contributed by atoms with van der Waals surface area (Å²) in [6, 6.07) is 19.5. The van der Waals surface area contributed by atoms with E-state index in [1.807, 2.05) is 60.7 Å². The molecule has 1 aliphatic carbocycles. The first kappa shape index (κ1) is 28.1. The van der Waals surface area contributed by atoms with Crippen molar-refractivity contribution in [1.29, 1.82) is 0 Å². The maximum absolute atomic E-state index is 13.0. The number of hydrogen-bond acceptors (Lipinski definition) is 8. The van der Waals surface area contributed by atoms with Gasteiger partial charge in [0.15, 0.2) is 18.7 Å². The SMILES string of the molecule is CC(C)(C)OC(=O)O[C@@H]1[C@H](OCc2ccccc2)[C@@H](OC2CCCCC2)O[C@@H]2CO[C@@H](c3ccccc3)O[C@@H]12. The second-order valence-electron chi connectivity index (χ2n) is 11.4. The summed E-state index contributed by atoms with van der Waals surface area (Å²) < 4.78 is 43.5. The molecule has 0 N–H and O–H groups in total. The maximum atomic E-state index is 13.0. The Morgan fingerprint density at radius 1 is 0.897 bits per heavy atom. The van der Waals surface area contributed by atoms with Crippen molar-refractivity contribution in [2.45, 2.75) is 108 Å². The van der Waals surface area contributed by atoms with Crippen LogP contribution in [0.25, 0.3) is 0 Å². The molecule has 8 nitrogen and oxygen atoms in total. The van der Waals surface area contributed by atoms with Crippen molar-refractivity contribution < 1.29 is 38.0 Å². The predicted molar refractivity (Wildman–Crippen MR) is 143 cm³/mol. The molecule has 6 atom stereocenters. The van der Waals surface area contributed by atoms with Gasteiger partial charge in [0.1, 0.15) is 23.9 Å². The first-order valence-electron chi connectivity index (χ1n) is 14.0. The van der Waals surface area contributed by atoms with Crippen LogP contribution < -0.4 is 0 Å². The zero-order valence-corrected chi connectivity index (χ0v) is 23.0. The van der Waals surface area contributed by atoms with Gasteiger partial charge < -0.3 is 33.2 Å². The fourth-order valence-electron chi connectivity index (χ4n) is 5.29. The van der Waals surface area contributed by atoms with E-state index in [1.54, 1.807) is 20.8 Å². The molecule has 2 heterocycles. The highest BCUT2D eigenvalue weighted by molar-refractivity contribution is 5.61. The van der Waals surface area contributed by atoms with E-state index in [4.69, 9.17) is 33.2 Å². The normalized spacial score (nSPS) is 29.8. The molecule has 3 aliphatic rings. The van der Waals surface area contributed by atoms with Gasteiger partial charge in [-0.2, -0.15) is 0 Å². The van der Waals surface area contributed by atoms with Crippen LogP contribution in [0.5, 0.6) is 0 Å². The van der Waals surface area contributed by atoms with Gasteiger partial charge in [0, 0.05) is 5.56 Å². The number of benzene rings is 2. The lowest BCUT2D eigenvalue weighted by Gasteiger charge is -2.49. The Balaban J connectivity index is 1.42. The molecule has 5 rings (SSSR count). The van der Waals surface area contributed by atoms with Crippen molar-refractivity contribution in [2.24, 2.45) is 0 Å². The van der Waals surface area contributed by atoms with Crippen LogP contribution in [0.1, 0.15) is 70.3 Å². The largest absolute Gasteiger partial charge is 0.509 e. The summed E-state index contributed by atoms with van der Waals surface area (Å²) in [6.07, 6.45) is 0.475. The molecule has 0 unspecified atom stereocenters. The van der Waals surface area contributed by atoms with Gasteiger partial charge in [-0.15, -0.1) is 0 Å². The van der Waals surface area contributed by atoms with Crippen LogP contribution in [0.15, 0.2) is 60.7 Å². The number of rotatable bonds is 7. The molecule has 0 radical (unpaired) electrons. The van der Waals surface area contributed by atoms with E-state index in [9.17, 15) is 4.79 Å². The van der Waals surface area contributed by atoms with Crippen LogP contribution in [0, 0.1) is 0 Å². The average molecular weight is 541 g/mol. The average Bonchev–Trinajstić information content (AvgIpc) is 2.93. The number of fused-ring (bicyclic) bond motifs is 1. The van der Waals surface area contributed by atoms with E-state index < -0.39 is 48.8 Å². The number of ether oxygens (including phenoxy) is 7. The molecule has 0 aromatic heterocycles. The third kappa shape index (κ3) is 7.58. The van der Waals surface area contributed by atoms with Crippen LogP contribution >= 0.6 is 0 Å². The molecule has 8 heteroatoms. The lowest BCUT2D eigenvalue weighted by Crippen LogP contribution is -2.64. The summed E-state index contributed by atoms with van der Waals surface area (Å²) in [5.74, 6) is 0. The van der Waals surface area contributed by atoms with Crippen LogP contribution in [-0.4, -0.2) is 55.2 Å². The Labute approximate surface area is 230 Å². The van der Waals surface area contributed by atoms with Crippen molar-refractivity contribution in [1.82, 2.24) is 0 Å². The minimum absolute atomic E-state index is 0.0489. The minimum Gasteiger partial charge on any atom is -0.429 e. The quantitative estimate of drug-likeness (QED) is 0.391. The number of carbonyl (C=O) groups is 1. The summed E-state index contributed by atoms with van der Waals surface area (Å²) in [7, 11) is 0. The molecule has 2 aromatic rings. The van der Waals surface area contributed by atoms with Crippen molar-refractivity contribution in [3.05, 3.63) is 71.8 Å². The standard InChI is InChI=1S/C31H40O8/c1-31(2,3)39-30(32)38-26-25-24(20-34-28(37-25)22-15-9-5-10-16-22)36-29(35-23-17-11-6-12-18-23)27(26)33-19-21-13-7-4-8-14-21/h4-5,7-10,13-16,23-29H,6,11-12,17-20H2,1-3H3/t24-,25-,26+,27+,28-,29+/m1/s1. The molecule has 0 spiro atoms. The van der Waals surface area contributed by atoms with Crippen LogP contribution in [0.2, 0.25) is 0 Å². The fraction of sp³-hybridized carbons (Fsp3) is 0.581. The van der Waals surface area contributed by atoms with Crippen LogP contribution in [0.4, 0.5) is 4.79 Å². The summed E-state index contributed by atoms with van der Waals surface area (Å²) in [5.41, 5.74) is 1.14. The summed E-state index contributed by atoms with van der Waals surface area (Å²) in [6.45, 7) is 5.96. The van der Waals surface area contributed by atoms with E-state index in [2.05, 4.69) is 0 Å². The van der Waals surface area contributed by atoms with E-state index in [-0.39, 0.29) is 12.7 Å². The van der Waals surface area contributed by atoms with Gasteiger partial charge >= 0.3 is 6.16 Å². The Hall–Kier alpha value is -2.49. The highest BCUT2D eigenvalue weighted by atomic mass is 16.8. The molecule has 3 fully saturated rings. The molecule has 0 amide bonds.